The fraction of sp³-hybridized carbons (Fsp3) is 0.333. The Morgan fingerprint density at radius 1 is 1.00 bits per heavy atom. The number of carbonyl (C=O) groups is 2. The average Bonchev–Trinajstić information content (AvgIpc) is 2.60. The van der Waals surface area contributed by atoms with Gasteiger partial charge in [-0.15, -0.1) is 0 Å². The van der Waals surface area contributed by atoms with Crippen LogP contribution in [0.4, 0.5) is 11.4 Å². The van der Waals surface area contributed by atoms with Crippen LogP contribution in [-0.4, -0.2) is 17.9 Å². The van der Waals surface area contributed by atoms with Crippen molar-refractivity contribution in [2.45, 2.75) is 46.2 Å². The summed E-state index contributed by atoms with van der Waals surface area (Å²) in [6.45, 7) is 6.52. The first-order valence-electron chi connectivity index (χ1n) is 9.01. The number of carbonyl (C=O) groups excluding carboxylic acids is 2. The summed E-state index contributed by atoms with van der Waals surface area (Å²) < 4.78 is 0. The van der Waals surface area contributed by atoms with E-state index < -0.39 is 0 Å². The van der Waals surface area contributed by atoms with Gasteiger partial charge in [-0.1, -0.05) is 25.1 Å². The van der Waals surface area contributed by atoms with Crippen LogP contribution in [0.3, 0.4) is 0 Å². The predicted octanol–water partition coefficient (Wildman–Crippen LogP) is 4.18. The van der Waals surface area contributed by atoms with E-state index in [-0.39, 0.29) is 11.8 Å². The highest BCUT2D eigenvalue weighted by atomic mass is 16.2. The third kappa shape index (κ3) is 6.24. The van der Waals surface area contributed by atoms with Crippen LogP contribution in [0.25, 0.3) is 0 Å². The third-order valence-corrected chi connectivity index (χ3v) is 3.75. The number of rotatable bonds is 8. The Hall–Kier alpha value is -2.82. The molecule has 0 heterocycles. The Bertz CT molecular complexity index is 739. The van der Waals surface area contributed by atoms with Crippen LogP contribution in [0.1, 0.15) is 49.5 Å². The SMILES string of the molecule is CCCC(=O)Nc1ccc(CNC(=O)c2cccc(NC(C)C)c2)cc1. The van der Waals surface area contributed by atoms with E-state index in [9.17, 15) is 9.59 Å². The summed E-state index contributed by atoms with van der Waals surface area (Å²) in [6.07, 6.45) is 1.34. The molecule has 0 atom stereocenters. The van der Waals surface area contributed by atoms with Crippen molar-refractivity contribution < 1.29 is 9.59 Å². The number of benzene rings is 2. The molecule has 0 aromatic heterocycles. The van der Waals surface area contributed by atoms with E-state index in [1.165, 1.54) is 0 Å². The van der Waals surface area contributed by atoms with Crippen molar-refractivity contribution in [3.05, 3.63) is 59.7 Å². The first-order chi connectivity index (χ1) is 12.5. The van der Waals surface area contributed by atoms with Crippen molar-refractivity contribution in [2.24, 2.45) is 0 Å². The first kappa shape index (κ1) is 19.5. The third-order valence-electron chi connectivity index (χ3n) is 3.75. The van der Waals surface area contributed by atoms with Crippen molar-refractivity contribution in [1.82, 2.24) is 5.32 Å². The fourth-order valence-corrected chi connectivity index (χ4v) is 2.52. The Morgan fingerprint density at radius 3 is 2.38 bits per heavy atom. The Balaban J connectivity index is 1.90. The number of hydrogen-bond donors (Lipinski definition) is 3. The molecular weight excluding hydrogens is 326 g/mol. The molecule has 3 N–H and O–H groups in total. The minimum absolute atomic E-state index is 0.0171. The van der Waals surface area contributed by atoms with Crippen LogP contribution < -0.4 is 16.0 Å². The van der Waals surface area contributed by atoms with Gasteiger partial charge >= 0.3 is 0 Å². The van der Waals surface area contributed by atoms with Crippen LogP contribution in [0.15, 0.2) is 48.5 Å². The van der Waals surface area contributed by atoms with E-state index in [1.807, 2.05) is 49.4 Å². The lowest BCUT2D eigenvalue weighted by Gasteiger charge is -2.11. The largest absolute Gasteiger partial charge is 0.383 e. The van der Waals surface area contributed by atoms with Crippen molar-refractivity contribution >= 4 is 23.2 Å². The number of hydrogen-bond acceptors (Lipinski definition) is 3. The molecule has 0 fully saturated rings. The van der Waals surface area contributed by atoms with Gasteiger partial charge in [0.05, 0.1) is 0 Å². The summed E-state index contributed by atoms with van der Waals surface area (Å²) in [4.78, 5) is 23.9. The molecule has 0 aliphatic rings. The Morgan fingerprint density at radius 2 is 1.73 bits per heavy atom. The molecule has 0 bridgehead atoms. The zero-order valence-corrected chi connectivity index (χ0v) is 15.6. The van der Waals surface area contributed by atoms with Gasteiger partial charge in [-0.25, -0.2) is 0 Å². The lowest BCUT2D eigenvalue weighted by Crippen LogP contribution is -2.23. The smallest absolute Gasteiger partial charge is 0.251 e. The zero-order chi connectivity index (χ0) is 18.9. The lowest BCUT2D eigenvalue weighted by molar-refractivity contribution is -0.116. The van der Waals surface area contributed by atoms with Crippen molar-refractivity contribution in [3.8, 4) is 0 Å². The molecular formula is C21H27N3O2. The highest BCUT2D eigenvalue weighted by molar-refractivity contribution is 5.95. The number of nitrogens with one attached hydrogen (secondary N) is 3. The van der Waals surface area contributed by atoms with Gasteiger partial charge in [-0.05, 0) is 56.2 Å². The zero-order valence-electron chi connectivity index (χ0n) is 15.6. The van der Waals surface area contributed by atoms with Crippen molar-refractivity contribution in [2.75, 3.05) is 10.6 Å². The van der Waals surface area contributed by atoms with E-state index in [2.05, 4.69) is 29.8 Å². The standard InChI is InChI=1S/C21H27N3O2/c1-4-6-20(25)24-18-11-9-16(10-12-18)14-22-21(26)17-7-5-8-19(13-17)23-15(2)3/h5,7-13,15,23H,4,6,14H2,1-3H3,(H,22,26)(H,24,25). The quantitative estimate of drug-likeness (QED) is 0.667. The molecule has 5 heteroatoms. The van der Waals surface area contributed by atoms with Crippen LogP contribution in [0.2, 0.25) is 0 Å². The predicted molar refractivity (Wildman–Crippen MR) is 106 cm³/mol. The summed E-state index contributed by atoms with van der Waals surface area (Å²) in [5.74, 6) is -0.0961. The minimum Gasteiger partial charge on any atom is -0.383 e. The van der Waals surface area contributed by atoms with Crippen molar-refractivity contribution in [3.63, 3.8) is 0 Å². The Kier molecular flexibility index (Phi) is 7.21. The molecule has 138 valence electrons. The van der Waals surface area contributed by atoms with E-state index >= 15 is 0 Å². The van der Waals surface area contributed by atoms with Gasteiger partial charge in [-0.2, -0.15) is 0 Å². The second-order valence-corrected chi connectivity index (χ2v) is 6.56. The van der Waals surface area contributed by atoms with Crippen LogP contribution in [0, 0.1) is 0 Å². The summed E-state index contributed by atoms with van der Waals surface area (Å²) >= 11 is 0. The summed E-state index contributed by atoms with van der Waals surface area (Å²) in [6, 6.07) is 15.3. The van der Waals surface area contributed by atoms with Crippen molar-refractivity contribution in [1.29, 1.82) is 0 Å². The first-order valence-corrected chi connectivity index (χ1v) is 9.01. The molecule has 0 unspecified atom stereocenters. The lowest BCUT2D eigenvalue weighted by atomic mass is 10.1. The highest BCUT2D eigenvalue weighted by Crippen LogP contribution is 2.13. The van der Waals surface area contributed by atoms with Gasteiger partial charge in [0.2, 0.25) is 5.91 Å². The van der Waals surface area contributed by atoms with Gasteiger partial charge in [0.25, 0.3) is 5.91 Å². The van der Waals surface area contributed by atoms with Crippen LogP contribution in [-0.2, 0) is 11.3 Å². The molecule has 0 radical (unpaired) electrons. The molecule has 2 amide bonds. The van der Waals surface area contributed by atoms with Crippen LogP contribution in [0.5, 0.6) is 0 Å². The van der Waals surface area contributed by atoms with Gasteiger partial charge in [-0.3, -0.25) is 9.59 Å². The summed E-state index contributed by atoms with van der Waals surface area (Å²) in [7, 11) is 0. The molecule has 0 aliphatic carbocycles. The minimum atomic E-state index is -0.113. The molecule has 2 rings (SSSR count). The number of anilines is 2. The van der Waals surface area contributed by atoms with Gasteiger partial charge in [0.15, 0.2) is 0 Å². The molecule has 26 heavy (non-hydrogen) atoms. The average molecular weight is 353 g/mol. The monoisotopic (exact) mass is 353 g/mol. The molecule has 2 aromatic rings. The maximum Gasteiger partial charge on any atom is 0.251 e. The summed E-state index contributed by atoms with van der Waals surface area (Å²) in [5.41, 5.74) is 3.30. The molecule has 5 nitrogen and oxygen atoms in total. The fourth-order valence-electron chi connectivity index (χ4n) is 2.52. The summed E-state index contributed by atoms with van der Waals surface area (Å²) in [5, 5.41) is 9.06. The second-order valence-electron chi connectivity index (χ2n) is 6.56. The maximum absolute atomic E-state index is 12.3. The normalized spacial score (nSPS) is 10.5. The molecule has 2 aromatic carbocycles. The van der Waals surface area contributed by atoms with E-state index in [4.69, 9.17) is 0 Å². The van der Waals surface area contributed by atoms with Gasteiger partial charge < -0.3 is 16.0 Å². The van der Waals surface area contributed by atoms with Gasteiger partial charge in [0, 0.05) is 35.9 Å². The topological polar surface area (TPSA) is 70.2 Å². The van der Waals surface area contributed by atoms with E-state index in [0.717, 1.165) is 23.4 Å². The number of amides is 2. The van der Waals surface area contributed by atoms with E-state index in [1.54, 1.807) is 6.07 Å². The Labute approximate surface area is 155 Å². The highest BCUT2D eigenvalue weighted by Gasteiger charge is 2.07. The maximum atomic E-state index is 12.3. The van der Waals surface area contributed by atoms with E-state index in [0.29, 0.717) is 24.6 Å². The molecule has 0 saturated carbocycles. The molecule has 0 saturated heterocycles. The van der Waals surface area contributed by atoms with Crippen LogP contribution >= 0.6 is 0 Å². The molecule has 0 spiro atoms. The van der Waals surface area contributed by atoms with Gasteiger partial charge in [0.1, 0.15) is 0 Å². The second kappa shape index (κ2) is 9.61. The molecule has 0 aliphatic heterocycles.